The molecule has 1 saturated heterocycles. The van der Waals surface area contributed by atoms with Gasteiger partial charge < -0.3 is 40.1 Å². The van der Waals surface area contributed by atoms with Gasteiger partial charge in [-0.25, -0.2) is 4.79 Å². The molecule has 10 heteroatoms. The summed E-state index contributed by atoms with van der Waals surface area (Å²) in [5.74, 6) is -1.83. The summed E-state index contributed by atoms with van der Waals surface area (Å²) in [6, 6.07) is 0. The predicted octanol–water partition coefficient (Wildman–Crippen LogP) is 3.65. The number of hydrogen-bond acceptors (Lipinski definition) is 8. The second kappa shape index (κ2) is 10.9. The Morgan fingerprint density at radius 2 is 1.67 bits per heavy atom. The molecular weight excluding hydrogens is 580 g/mol. The SMILES string of the molecule is C=C1CC[C@]2(C(=O)O)CC[C@]3(C)C(=CC[C@@H]4[C@@]5(C)CCC(O[C@@H]6O[C@H](C(=O)O)[C@@H](O)[C@H](O)[C@H]6O)C(C)(CO)C5CC[C@]43C)[C@H]2C1. The maximum Gasteiger partial charge on any atom is 0.335 e. The van der Waals surface area contributed by atoms with E-state index in [9.17, 15) is 40.2 Å². The van der Waals surface area contributed by atoms with Gasteiger partial charge in [0.25, 0.3) is 0 Å². The van der Waals surface area contributed by atoms with Crippen molar-refractivity contribution in [1.29, 1.82) is 0 Å². The predicted molar refractivity (Wildman–Crippen MR) is 163 cm³/mol. The van der Waals surface area contributed by atoms with E-state index in [0.29, 0.717) is 25.2 Å². The molecular formula is C35H52O10. The summed E-state index contributed by atoms with van der Waals surface area (Å²) in [6.45, 7) is 13.2. The van der Waals surface area contributed by atoms with Crippen LogP contribution in [0.2, 0.25) is 0 Å². The first-order chi connectivity index (χ1) is 21.0. The van der Waals surface area contributed by atoms with Gasteiger partial charge in [-0.05, 0) is 92.3 Å². The van der Waals surface area contributed by atoms with Crippen molar-refractivity contribution in [2.75, 3.05) is 6.61 Å². The van der Waals surface area contributed by atoms with Crippen molar-refractivity contribution in [2.45, 2.75) is 129 Å². The fraction of sp³-hybridized carbons (Fsp3) is 0.829. The van der Waals surface area contributed by atoms with Crippen molar-refractivity contribution in [1.82, 2.24) is 0 Å². The largest absolute Gasteiger partial charge is 0.481 e. The van der Waals surface area contributed by atoms with Gasteiger partial charge in [0, 0.05) is 11.3 Å². The van der Waals surface area contributed by atoms with E-state index in [-0.39, 0.29) is 34.7 Å². The maximum absolute atomic E-state index is 12.8. The number of rotatable bonds is 5. The van der Waals surface area contributed by atoms with E-state index in [1.807, 2.05) is 6.92 Å². The summed E-state index contributed by atoms with van der Waals surface area (Å²) in [6.07, 6.45) is 0.945. The van der Waals surface area contributed by atoms with Gasteiger partial charge in [-0.1, -0.05) is 51.5 Å². The van der Waals surface area contributed by atoms with Crippen LogP contribution in [0.5, 0.6) is 0 Å². The van der Waals surface area contributed by atoms with E-state index < -0.39 is 59.6 Å². The number of carboxylic acid groups (broad SMARTS) is 2. The normalized spacial score (nSPS) is 52.8. The van der Waals surface area contributed by atoms with Crippen molar-refractivity contribution < 1.29 is 49.7 Å². The van der Waals surface area contributed by atoms with Gasteiger partial charge in [0.2, 0.25) is 0 Å². The molecule has 6 rings (SSSR count). The van der Waals surface area contributed by atoms with Crippen molar-refractivity contribution in [3.63, 3.8) is 0 Å². The summed E-state index contributed by atoms with van der Waals surface area (Å²) in [5.41, 5.74) is 0.593. The molecule has 0 radical (unpaired) electrons. The van der Waals surface area contributed by atoms with Crippen LogP contribution in [0.1, 0.15) is 91.9 Å². The lowest BCUT2D eigenvalue weighted by Crippen LogP contribution is -2.67. The van der Waals surface area contributed by atoms with E-state index in [1.165, 1.54) is 5.57 Å². The molecule has 4 saturated carbocycles. The smallest absolute Gasteiger partial charge is 0.335 e. The van der Waals surface area contributed by atoms with Crippen molar-refractivity contribution >= 4 is 11.9 Å². The van der Waals surface area contributed by atoms with Crippen LogP contribution in [0, 0.1) is 44.8 Å². The molecule has 6 N–H and O–H groups in total. The average Bonchev–Trinajstić information content (AvgIpc) is 2.98. The number of ether oxygens (including phenoxy) is 2. The summed E-state index contributed by atoms with van der Waals surface area (Å²) < 4.78 is 11.7. The first kappa shape index (κ1) is 33.1. The molecule has 0 bridgehead atoms. The van der Waals surface area contributed by atoms with Crippen LogP contribution in [0.15, 0.2) is 23.8 Å². The molecule has 0 aromatic heterocycles. The first-order valence-electron chi connectivity index (χ1n) is 16.8. The quantitative estimate of drug-likeness (QED) is 0.194. The molecule has 10 nitrogen and oxygen atoms in total. The van der Waals surface area contributed by atoms with E-state index in [2.05, 4.69) is 33.4 Å². The zero-order valence-electron chi connectivity index (χ0n) is 27.1. The van der Waals surface area contributed by atoms with Gasteiger partial charge in [0.15, 0.2) is 12.4 Å². The Hall–Kier alpha value is -1.82. The highest BCUT2D eigenvalue weighted by Gasteiger charge is 2.69. The van der Waals surface area contributed by atoms with E-state index >= 15 is 0 Å². The molecule has 45 heavy (non-hydrogen) atoms. The number of fused-ring (bicyclic) bond motifs is 7. The van der Waals surface area contributed by atoms with E-state index in [0.717, 1.165) is 50.5 Å². The number of hydrogen-bond donors (Lipinski definition) is 6. The van der Waals surface area contributed by atoms with Gasteiger partial charge in [-0.15, -0.1) is 0 Å². The summed E-state index contributed by atoms with van der Waals surface area (Å²) in [4.78, 5) is 24.5. The molecule has 5 fully saturated rings. The monoisotopic (exact) mass is 632 g/mol. The number of carbonyl (C=O) groups is 2. The van der Waals surface area contributed by atoms with Crippen molar-refractivity contribution in [3.05, 3.63) is 23.8 Å². The Labute approximate surface area is 265 Å². The van der Waals surface area contributed by atoms with Crippen molar-refractivity contribution in [2.24, 2.45) is 44.8 Å². The minimum atomic E-state index is -1.80. The Morgan fingerprint density at radius 1 is 0.956 bits per heavy atom. The molecule has 1 aliphatic heterocycles. The molecule has 5 aliphatic carbocycles. The minimum absolute atomic E-state index is 0.0319. The lowest BCUT2D eigenvalue weighted by molar-refractivity contribution is -0.327. The van der Waals surface area contributed by atoms with Gasteiger partial charge in [-0.3, -0.25) is 4.79 Å². The van der Waals surface area contributed by atoms with Crippen LogP contribution in [-0.4, -0.2) is 86.0 Å². The number of allylic oxidation sites excluding steroid dienone is 3. The molecule has 0 spiro atoms. The molecule has 6 aliphatic rings. The maximum atomic E-state index is 12.8. The third-order valence-corrected chi connectivity index (χ3v) is 14.7. The fourth-order valence-corrected chi connectivity index (χ4v) is 11.8. The van der Waals surface area contributed by atoms with Crippen molar-refractivity contribution in [3.8, 4) is 0 Å². The number of aliphatic hydroxyl groups is 4. The molecule has 3 unspecified atom stereocenters. The van der Waals surface area contributed by atoms with Crippen LogP contribution < -0.4 is 0 Å². The van der Waals surface area contributed by atoms with Gasteiger partial charge in [-0.2, -0.15) is 0 Å². The number of aliphatic carboxylic acids is 2. The Morgan fingerprint density at radius 3 is 2.31 bits per heavy atom. The third kappa shape index (κ3) is 4.42. The molecule has 0 amide bonds. The molecule has 0 aromatic carbocycles. The molecule has 0 aromatic rings. The van der Waals surface area contributed by atoms with Crippen LogP contribution in [0.3, 0.4) is 0 Å². The lowest BCUT2D eigenvalue weighted by Gasteiger charge is -2.71. The zero-order valence-corrected chi connectivity index (χ0v) is 27.1. The fourth-order valence-electron chi connectivity index (χ4n) is 11.8. The van der Waals surface area contributed by atoms with Gasteiger partial charge in [0.1, 0.15) is 18.3 Å². The second-order valence-corrected chi connectivity index (χ2v) is 16.3. The standard InChI is InChI=1S/C35H52O10/c1-18-8-13-35(30(42)43)15-14-33(4)19(20(35)16-18)6-7-22-31(2)11-10-23(32(3,17-36)21(31)9-12-34(22,33)5)44-29-26(39)24(37)25(38)27(45-29)28(40)41/h6,20-27,29,36-39H,1,7-17H2,2-5H3,(H,40,41)(H,42,43)/t20-,21?,22-,23?,24+,25+,26-,27+,29-,31+,32?,33-,34-,35+/m1/s1. The number of aliphatic hydroxyl groups excluding tert-OH is 4. The van der Waals surface area contributed by atoms with E-state index in [4.69, 9.17) is 9.47 Å². The summed E-state index contributed by atoms with van der Waals surface area (Å²) in [5, 5.41) is 62.2. The topological polar surface area (TPSA) is 174 Å². The highest BCUT2D eigenvalue weighted by Crippen LogP contribution is 2.75. The average molecular weight is 633 g/mol. The van der Waals surface area contributed by atoms with E-state index in [1.54, 1.807) is 0 Å². The highest BCUT2D eigenvalue weighted by atomic mass is 16.7. The van der Waals surface area contributed by atoms with Gasteiger partial charge >= 0.3 is 11.9 Å². The van der Waals surface area contributed by atoms with Crippen LogP contribution in [0.25, 0.3) is 0 Å². The van der Waals surface area contributed by atoms with Gasteiger partial charge in [0.05, 0.1) is 18.1 Å². The Bertz CT molecular complexity index is 1280. The summed E-state index contributed by atoms with van der Waals surface area (Å²) >= 11 is 0. The minimum Gasteiger partial charge on any atom is -0.481 e. The van der Waals surface area contributed by atoms with Crippen LogP contribution in [0.4, 0.5) is 0 Å². The molecule has 1 heterocycles. The third-order valence-electron chi connectivity index (χ3n) is 14.7. The van der Waals surface area contributed by atoms with Crippen LogP contribution in [-0.2, 0) is 19.1 Å². The first-order valence-corrected chi connectivity index (χ1v) is 16.8. The Kier molecular flexibility index (Phi) is 7.98. The second-order valence-electron chi connectivity index (χ2n) is 16.3. The van der Waals surface area contributed by atoms with Crippen LogP contribution >= 0.6 is 0 Å². The molecule has 252 valence electrons. The summed E-state index contributed by atoms with van der Waals surface area (Å²) in [7, 11) is 0. The highest BCUT2D eigenvalue weighted by molar-refractivity contribution is 5.77. The lowest BCUT2D eigenvalue weighted by atomic mass is 9.34. The molecule has 14 atom stereocenters. The number of carboxylic acids is 2. The zero-order chi connectivity index (χ0) is 32.9. The Balaban J connectivity index is 1.31.